The van der Waals surface area contributed by atoms with Crippen LogP contribution in [0.5, 0.6) is 0 Å². The van der Waals surface area contributed by atoms with Crippen LogP contribution in [-0.2, 0) is 11.3 Å². The summed E-state index contributed by atoms with van der Waals surface area (Å²) >= 11 is 0. The van der Waals surface area contributed by atoms with Crippen LogP contribution >= 0.6 is 0 Å². The molecule has 1 aliphatic rings. The molecule has 1 amide bonds. The molecule has 3 aromatic rings. The molecule has 1 fully saturated rings. The Morgan fingerprint density at radius 1 is 1.12 bits per heavy atom. The Kier molecular flexibility index (Phi) is 4.69. The first-order chi connectivity index (χ1) is 12.8. The number of rotatable bonds is 4. The zero-order chi connectivity index (χ0) is 17.8. The second-order valence-corrected chi connectivity index (χ2v) is 6.44. The summed E-state index contributed by atoms with van der Waals surface area (Å²) < 4.78 is 5.51. The smallest absolute Gasteiger partial charge is 0.410 e. The number of benzene rings is 2. The van der Waals surface area contributed by atoms with E-state index in [4.69, 9.17) is 4.74 Å². The molecule has 2 aromatic carbocycles. The lowest BCUT2D eigenvalue weighted by Gasteiger charge is -2.23. The predicted octanol–water partition coefficient (Wildman–Crippen LogP) is 4.55. The first-order valence-corrected chi connectivity index (χ1v) is 8.89. The third kappa shape index (κ3) is 3.47. The van der Waals surface area contributed by atoms with Gasteiger partial charge in [0.25, 0.3) is 0 Å². The molecular weight excluding hydrogens is 326 g/mol. The molecular formula is C21H21N3O2. The summed E-state index contributed by atoms with van der Waals surface area (Å²) in [4.78, 5) is 22.2. The van der Waals surface area contributed by atoms with Gasteiger partial charge in [0, 0.05) is 12.1 Å². The minimum atomic E-state index is -0.271. The van der Waals surface area contributed by atoms with Gasteiger partial charge < -0.3 is 9.72 Å². The molecule has 1 saturated heterocycles. The normalized spacial score (nSPS) is 16.6. The number of imidazole rings is 1. The summed E-state index contributed by atoms with van der Waals surface area (Å²) in [5.41, 5.74) is 2.98. The molecule has 0 unspecified atom stereocenters. The van der Waals surface area contributed by atoms with Crippen molar-refractivity contribution in [2.24, 2.45) is 0 Å². The van der Waals surface area contributed by atoms with Gasteiger partial charge in [-0.3, -0.25) is 4.90 Å². The zero-order valence-corrected chi connectivity index (χ0v) is 14.5. The Morgan fingerprint density at radius 3 is 2.62 bits per heavy atom. The highest BCUT2D eigenvalue weighted by atomic mass is 16.6. The molecule has 0 radical (unpaired) electrons. The third-order valence-corrected chi connectivity index (χ3v) is 4.69. The van der Waals surface area contributed by atoms with E-state index in [1.165, 1.54) is 0 Å². The Balaban J connectivity index is 1.45. The number of likely N-dealkylation sites (tertiary alicyclic amines) is 1. The monoisotopic (exact) mass is 347 g/mol. The van der Waals surface area contributed by atoms with E-state index in [-0.39, 0.29) is 12.1 Å². The first-order valence-electron chi connectivity index (χ1n) is 8.89. The van der Waals surface area contributed by atoms with Gasteiger partial charge in [-0.05, 0) is 18.4 Å². The molecule has 0 bridgehead atoms. The van der Waals surface area contributed by atoms with Crippen molar-refractivity contribution in [2.75, 3.05) is 6.54 Å². The first kappa shape index (κ1) is 16.4. The lowest BCUT2D eigenvalue weighted by atomic mass is 10.1. The fraction of sp³-hybridized carbons (Fsp3) is 0.238. The van der Waals surface area contributed by atoms with E-state index in [1.807, 2.05) is 66.9 Å². The third-order valence-electron chi connectivity index (χ3n) is 4.69. The number of amides is 1. The number of nitrogens with zero attached hydrogens (tertiary/aromatic N) is 2. The van der Waals surface area contributed by atoms with Crippen molar-refractivity contribution in [1.82, 2.24) is 14.9 Å². The van der Waals surface area contributed by atoms with E-state index >= 15 is 0 Å². The van der Waals surface area contributed by atoms with Crippen molar-refractivity contribution < 1.29 is 9.53 Å². The summed E-state index contributed by atoms with van der Waals surface area (Å²) in [5, 5.41) is 0. The van der Waals surface area contributed by atoms with Crippen molar-refractivity contribution in [1.29, 1.82) is 0 Å². The number of aromatic nitrogens is 2. The maximum Gasteiger partial charge on any atom is 0.410 e. The van der Waals surface area contributed by atoms with Crippen molar-refractivity contribution >= 4 is 6.09 Å². The molecule has 132 valence electrons. The van der Waals surface area contributed by atoms with Crippen molar-refractivity contribution in [2.45, 2.75) is 25.5 Å². The standard InChI is InChI=1S/C21H21N3O2/c25-21(26-15-16-8-3-1-4-9-16)24-13-7-12-19(24)18-14-22-20(23-18)17-10-5-2-6-11-17/h1-6,8-11,14,19H,7,12-13,15H2,(H,22,23)/t19-/m0/s1. The number of hydrogen-bond donors (Lipinski definition) is 1. The number of carbonyl (C=O) groups excluding carboxylic acids is 1. The van der Waals surface area contributed by atoms with E-state index in [0.717, 1.165) is 35.5 Å². The second kappa shape index (κ2) is 7.44. The number of hydrogen-bond acceptors (Lipinski definition) is 3. The van der Waals surface area contributed by atoms with Crippen LogP contribution in [0.3, 0.4) is 0 Å². The average Bonchev–Trinajstić information content (AvgIpc) is 3.37. The lowest BCUT2D eigenvalue weighted by molar-refractivity contribution is 0.0915. The predicted molar refractivity (Wildman–Crippen MR) is 99.3 cm³/mol. The van der Waals surface area contributed by atoms with Crippen LogP contribution in [0.15, 0.2) is 66.9 Å². The zero-order valence-electron chi connectivity index (χ0n) is 14.5. The molecule has 26 heavy (non-hydrogen) atoms. The summed E-state index contributed by atoms with van der Waals surface area (Å²) in [6.45, 7) is 0.999. The van der Waals surface area contributed by atoms with Crippen LogP contribution in [0.1, 0.15) is 30.1 Å². The number of ether oxygens (including phenoxy) is 1. The molecule has 1 aliphatic heterocycles. The Bertz CT molecular complexity index is 861. The van der Waals surface area contributed by atoms with Gasteiger partial charge in [-0.1, -0.05) is 60.7 Å². The molecule has 0 spiro atoms. The molecule has 5 nitrogen and oxygen atoms in total. The van der Waals surface area contributed by atoms with Crippen LogP contribution in [-0.4, -0.2) is 27.5 Å². The number of aromatic amines is 1. The van der Waals surface area contributed by atoms with Gasteiger partial charge in [0.05, 0.1) is 17.9 Å². The molecule has 2 heterocycles. The molecule has 1 aromatic heterocycles. The van der Waals surface area contributed by atoms with E-state index in [9.17, 15) is 4.79 Å². The van der Waals surface area contributed by atoms with Crippen LogP contribution in [0.2, 0.25) is 0 Å². The van der Waals surface area contributed by atoms with Crippen molar-refractivity contribution in [3.05, 3.63) is 78.1 Å². The molecule has 4 rings (SSSR count). The fourth-order valence-electron chi connectivity index (χ4n) is 3.36. The summed E-state index contributed by atoms with van der Waals surface area (Å²) in [7, 11) is 0. The Hall–Kier alpha value is -3.08. The van der Waals surface area contributed by atoms with E-state index in [2.05, 4.69) is 9.97 Å². The molecule has 0 aliphatic carbocycles. The SMILES string of the molecule is O=C(OCc1ccccc1)N1CCC[C@H]1c1cnc(-c2ccccc2)[nH]1. The lowest BCUT2D eigenvalue weighted by Crippen LogP contribution is -2.31. The quantitative estimate of drug-likeness (QED) is 0.753. The Morgan fingerprint density at radius 2 is 1.85 bits per heavy atom. The Labute approximate surface area is 152 Å². The van der Waals surface area contributed by atoms with E-state index < -0.39 is 0 Å². The average molecular weight is 347 g/mol. The van der Waals surface area contributed by atoms with Gasteiger partial charge in [-0.25, -0.2) is 9.78 Å². The van der Waals surface area contributed by atoms with Crippen LogP contribution in [0.4, 0.5) is 4.79 Å². The van der Waals surface area contributed by atoms with Gasteiger partial charge in [0.1, 0.15) is 12.4 Å². The van der Waals surface area contributed by atoms with E-state index in [1.54, 1.807) is 4.90 Å². The van der Waals surface area contributed by atoms with Crippen LogP contribution in [0, 0.1) is 0 Å². The van der Waals surface area contributed by atoms with Gasteiger partial charge in [-0.15, -0.1) is 0 Å². The van der Waals surface area contributed by atoms with E-state index in [0.29, 0.717) is 13.2 Å². The number of nitrogens with one attached hydrogen (secondary N) is 1. The minimum Gasteiger partial charge on any atom is -0.445 e. The second-order valence-electron chi connectivity index (χ2n) is 6.44. The number of H-pyrrole nitrogens is 1. The summed E-state index contributed by atoms with van der Waals surface area (Å²) in [6.07, 6.45) is 3.43. The van der Waals surface area contributed by atoms with Gasteiger partial charge in [-0.2, -0.15) is 0 Å². The van der Waals surface area contributed by atoms with Gasteiger partial charge in [0.15, 0.2) is 0 Å². The largest absolute Gasteiger partial charge is 0.445 e. The number of carbonyl (C=O) groups is 1. The maximum absolute atomic E-state index is 12.5. The summed E-state index contributed by atoms with van der Waals surface area (Å²) in [5.74, 6) is 0.824. The van der Waals surface area contributed by atoms with Crippen LogP contribution in [0.25, 0.3) is 11.4 Å². The highest BCUT2D eigenvalue weighted by molar-refractivity contribution is 5.68. The molecule has 0 saturated carbocycles. The molecule has 1 N–H and O–H groups in total. The highest BCUT2D eigenvalue weighted by Crippen LogP contribution is 2.32. The van der Waals surface area contributed by atoms with Crippen molar-refractivity contribution in [3.8, 4) is 11.4 Å². The van der Waals surface area contributed by atoms with Gasteiger partial charge in [0.2, 0.25) is 0 Å². The van der Waals surface area contributed by atoms with Gasteiger partial charge >= 0.3 is 6.09 Å². The molecule has 1 atom stereocenters. The summed E-state index contributed by atoms with van der Waals surface area (Å²) in [6, 6.07) is 19.7. The minimum absolute atomic E-state index is 0.0109. The topological polar surface area (TPSA) is 58.2 Å². The maximum atomic E-state index is 12.5. The highest BCUT2D eigenvalue weighted by Gasteiger charge is 2.32. The van der Waals surface area contributed by atoms with Crippen molar-refractivity contribution in [3.63, 3.8) is 0 Å². The fourth-order valence-corrected chi connectivity index (χ4v) is 3.36. The van der Waals surface area contributed by atoms with Crippen LogP contribution < -0.4 is 0 Å². The molecule has 5 heteroatoms.